The normalized spacial score (nSPS) is 21.0. The summed E-state index contributed by atoms with van der Waals surface area (Å²) in [7, 11) is 0. The zero-order valence-corrected chi connectivity index (χ0v) is 29.2. The SMILES string of the molecule is CC(C)CC(NC(=O)C(Cc1ccccc1)NC(=O)C(N)Cc1ccccc1)C(=O)NC(CCCCN)C(=O)N1CC2CC(CN)CC2C1. The highest BCUT2D eigenvalue weighted by atomic mass is 16.2. The molecule has 1 heterocycles. The van der Waals surface area contributed by atoms with Crippen LogP contribution in [-0.2, 0) is 32.0 Å². The molecule has 0 spiro atoms. The predicted octanol–water partition coefficient (Wildman–Crippen LogP) is 1.87. The van der Waals surface area contributed by atoms with E-state index in [0.29, 0.717) is 69.6 Å². The van der Waals surface area contributed by atoms with Crippen molar-refractivity contribution in [3.63, 3.8) is 0 Å². The second-order valence-corrected chi connectivity index (χ2v) is 14.4. The van der Waals surface area contributed by atoms with E-state index in [0.717, 1.165) is 30.4 Å². The third kappa shape index (κ3) is 11.4. The van der Waals surface area contributed by atoms with Gasteiger partial charge in [-0.1, -0.05) is 74.5 Å². The zero-order chi connectivity index (χ0) is 35.3. The monoisotopic (exact) mass is 675 g/mol. The van der Waals surface area contributed by atoms with Crippen molar-refractivity contribution >= 4 is 23.6 Å². The third-order valence-corrected chi connectivity index (χ3v) is 9.95. The Bertz CT molecular complexity index is 1340. The summed E-state index contributed by atoms with van der Waals surface area (Å²) in [5.74, 6) is 0.0370. The highest BCUT2D eigenvalue weighted by Gasteiger charge is 2.43. The number of carbonyl (C=O) groups is 4. The van der Waals surface area contributed by atoms with E-state index in [1.54, 1.807) is 0 Å². The first-order valence-electron chi connectivity index (χ1n) is 18.0. The Morgan fingerprint density at radius 2 is 1.27 bits per heavy atom. The molecule has 11 heteroatoms. The van der Waals surface area contributed by atoms with Crippen molar-refractivity contribution in [3.8, 4) is 0 Å². The molecular weight excluding hydrogens is 618 g/mol. The van der Waals surface area contributed by atoms with Crippen molar-refractivity contribution in [2.45, 2.75) is 89.4 Å². The van der Waals surface area contributed by atoms with E-state index >= 15 is 0 Å². The van der Waals surface area contributed by atoms with Gasteiger partial charge in [0.25, 0.3) is 0 Å². The molecule has 2 aromatic carbocycles. The summed E-state index contributed by atoms with van der Waals surface area (Å²) in [6.07, 6.45) is 4.86. The quantitative estimate of drug-likeness (QED) is 0.130. The lowest BCUT2D eigenvalue weighted by Gasteiger charge is -2.29. The fourth-order valence-corrected chi connectivity index (χ4v) is 7.31. The van der Waals surface area contributed by atoms with Gasteiger partial charge in [-0.15, -0.1) is 0 Å². The number of nitrogens with two attached hydrogens (primary N) is 3. The summed E-state index contributed by atoms with van der Waals surface area (Å²) in [6, 6.07) is 15.4. The van der Waals surface area contributed by atoms with Crippen molar-refractivity contribution in [1.82, 2.24) is 20.9 Å². The molecule has 6 unspecified atom stereocenters. The molecule has 9 N–H and O–H groups in total. The molecule has 11 nitrogen and oxygen atoms in total. The van der Waals surface area contributed by atoms with E-state index in [1.807, 2.05) is 79.4 Å². The predicted molar refractivity (Wildman–Crippen MR) is 192 cm³/mol. The van der Waals surface area contributed by atoms with Crippen LogP contribution in [0.25, 0.3) is 0 Å². The highest BCUT2D eigenvalue weighted by Crippen LogP contribution is 2.41. The van der Waals surface area contributed by atoms with Crippen molar-refractivity contribution in [2.24, 2.45) is 40.9 Å². The van der Waals surface area contributed by atoms with E-state index in [-0.39, 0.29) is 18.2 Å². The van der Waals surface area contributed by atoms with Crippen LogP contribution < -0.4 is 33.2 Å². The zero-order valence-electron chi connectivity index (χ0n) is 29.2. The first kappa shape index (κ1) is 38.0. The second-order valence-electron chi connectivity index (χ2n) is 14.4. The smallest absolute Gasteiger partial charge is 0.245 e. The number of likely N-dealkylation sites (tertiary alicyclic amines) is 1. The second kappa shape index (κ2) is 18.8. The molecule has 6 atom stereocenters. The van der Waals surface area contributed by atoms with Gasteiger partial charge in [-0.2, -0.15) is 0 Å². The van der Waals surface area contributed by atoms with Gasteiger partial charge in [0, 0.05) is 19.5 Å². The van der Waals surface area contributed by atoms with Crippen molar-refractivity contribution < 1.29 is 19.2 Å². The molecule has 0 radical (unpaired) electrons. The maximum Gasteiger partial charge on any atom is 0.245 e. The van der Waals surface area contributed by atoms with Crippen LogP contribution in [0.2, 0.25) is 0 Å². The average molecular weight is 676 g/mol. The minimum Gasteiger partial charge on any atom is -0.343 e. The van der Waals surface area contributed by atoms with Crippen LogP contribution in [0, 0.1) is 23.7 Å². The number of rotatable bonds is 18. The summed E-state index contributed by atoms with van der Waals surface area (Å²) in [4.78, 5) is 56.9. The minimum atomic E-state index is -0.970. The number of unbranched alkanes of at least 4 members (excludes halogenated alkanes) is 1. The Morgan fingerprint density at radius 1 is 0.735 bits per heavy atom. The summed E-state index contributed by atoms with van der Waals surface area (Å²) in [5.41, 5.74) is 19.7. The fraction of sp³-hybridized carbons (Fsp3) is 0.579. The Kier molecular flexibility index (Phi) is 14.6. The standard InChI is InChI=1S/C38H57N7O4/c1-25(2)17-33(36(47)42-32(15-9-10-16-39)38(49)45-23-29-18-28(22-40)19-30(29)24-45)44-37(48)34(21-27-13-7-4-8-14-27)43-35(46)31(41)20-26-11-5-3-6-12-26/h3-8,11-14,25,28-34H,9-10,15-24,39-41H2,1-2H3,(H,42,47)(H,43,46)(H,44,48). The molecule has 1 aliphatic heterocycles. The van der Waals surface area contributed by atoms with E-state index in [2.05, 4.69) is 16.0 Å². The van der Waals surface area contributed by atoms with Gasteiger partial charge < -0.3 is 38.1 Å². The number of fused-ring (bicyclic) bond motifs is 1. The van der Waals surface area contributed by atoms with Gasteiger partial charge in [0.2, 0.25) is 23.6 Å². The van der Waals surface area contributed by atoms with Gasteiger partial charge in [-0.05, 0) is 92.8 Å². The Hall–Kier alpha value is -3.80. The molecule has 1 saturated carbocycles. The Balaban J connectivity index is 1.46. The van der Waals surface area contributed by atoms with Gasteiger partial charge in [0.1, 0.15) is 18.1 Å². The molecule has 2 fully saturated rings. The van der Waals surface area contributed by atoms with E-state index in [1.165, 1.54) is 0 Å². The number of amides is 4. The summed E-state index contributed by atoms with van der Waals surface area (Å²) in [5, 5.41) is 8.79. The lowest BCUT2D eigenvalue weighted by Crippen LogP contribution is -2.58. The molecule has 0 aromatic heterocycles. The molecule has 2 aliphatic rings. The van der Waals surface area contributed by atoms with Gasteiger partial charge in [0.05, 0.1) is 6.04 Å². The van der Waals surface area contributed by atoms with Gasteiger partial charge >= 0.3 is 0 Å². The molecule has 0 bridgehead atoms. The molecule has 1 aliphatic carbocycles. The topological polar surface area (TPSA) is 186 Å². The minimum absolute atomic E-state index is 0.0670. The van der Waals surface area contributed by atoms with Gasteiger partial charge in [-0.25, -0.2) is 0 Å². The van der Waals surface area contributed by atoms with Crippen LogP contribution in [0.5, 0.6) is 0 Å². The Morgan fingerprint density at radius 3 is 1.82 bits per heavy atom. The number of carbonyl (C=O) groups excluding carboxylic acids is 4. The number of nitrogens with zero attached hydrogens (tertiary/aromatic N) is 1. The van der Waals surface area contributed by atoms with Crippen LogP contribution in [0.15, 0.2) is 60.7 Å². The lowest BCUT2D eigenvalue weighted by atomic mass is 9.99. The summed E-state index contributed by atoms with van der Waals surface area (Å²) < 4.78 is 0. The van der Waals surface area contributed by atoms with Gasteiger partial charge in [-0.3, -0.25) is 19.2 Å². The molecule has 1 saturated heterocycles. The fourth-order valence-electron chi connectivity index (χ4n) is 7.31. The maximum atomic E-state index is 13.9. The molecule has 4 rings (SSSR count). The maximum absolute atomic E-state index is 13.9. The van der Waals surface area contributed by atoms with E-state index < -0.39 is 41.9 Å². The first-order valence-corrected chi connectivity index (χ1v) is 18.0. The van der Waals surface area contributed by atoms with Crippen molar-refractivity contribution in [2.75, 3.05) is 26.2 Å². The van der Waals surface area contributed by atoms with Crippen LogP contribution >= 0.6 is 0 Å². The Labute approximate surface area is 291 Å². The number of hydrogen-bond donors (Lipinski definition) is 6. The van der Waals surface area contributed by atoms with E-state index in [4.69, 9.17) is 17.2 Å². The van der Waals surface area contributed by atoms with Crippen LogP contribution in [0.4, 0.5) is 0 Å². The number of benzene rings is 2. The molecule has 268 valence electrons. The molecule has 2 aromatic rings. The van der Waals surface area contributed by atoms with Crippen molar-refractivity contribution in [1.29, 1.82) is 0 Å². The van der Waals surface area contributed by atoms with Crippen LogP contribution in [0.3, 0.4) is 0 Å². The van der Waals surface area contributed by atoms with E-state index in [9.17, 15) is 19.2 Å². The highest BCUT2D eigenvalue weighted by molar-refractivity contribution is 5.95. The third-order valence-electron chi connectivity index (χ3n) is 9.95. The van der Waals surface area contributed by atoms with Crippen LogP contribution in [0.1, 0.15) is 63.5 Å². The number of hydrogen-bond acceptors (Lipinski definition) is 7. The summed E-state index contributed by atoms with van der Waals surface area (Å²) >= 11 is 0. The van der Waals surface area contributed by atoms with Crippen LogP contribution in [-0.4, -0.2) is 78.9 Å². The largest absolute Gasteiger partial charge is 0.343 e. The molecule has 49 heavy (non-hydrogen) atoms. The first-order chi connectivity index (χ1) is 23.6. The number of nitrogens with one attached hydrogen (secondary N) is 3. The lowest BCUT2D eigenvalue weighted by molar-refractivity contribution is -0.137. The van der Waals surface area contributed by atoms with Crippen molar-refractivity contribution in [3.05, 3.63) is 71.8 Å². The average Bonchev–Trinajstić information content (AvgIpc) is 3.67. The summed E-state index contributed by atoms with van der Waals surface area (Å²) in [6.45, 7) is 6.49. The molecular formula is C38H57N7O4. The van der Waals surface area contributed by atoms with Gasteiger partial charge in [0.15, 0.2) is 0 Å². The molecule has 4 amide bonds.